The Kier molecular flexibility index (Phi) is 3.52. The van der Waals surface area contributed by atoms with Gasteiger partial charge in [0.1, 0.15) is 0 Å². The maximum Gasteiger partial charge on any atom is 0.0858 e. The van der Waals surface area contributed by atoms with Gasteiger partial charge in [0.25, 0.3) is 0 Å². The summed E-state index contributed by atoms with van der Waals surface area (Å²) in [7, 11) is 0. The second-order valence-electron chi connectivity index (χ2n) is 4.68. The molecule has 0 amide bonds. The van der Waals surface area contributed by atoms with Gasteiger partial charge in [0, 0.05) is 15.4 Å². The first-order chi connectivity index (χ1) is 9.72. The fraction of sp³-hybridized carbons (Fsp3) is 0.200. The van der Waals surface area contributed by atoms with Crippen molar-refractivity contribution in [3.8, 4) is 5.69 Å². The predicted molar refractivity (Wildman–Crippen MR) is 82.5 cm³/mol. The molecule has 20 heavy (non-hydrogen) atoms. The Morgan fingerprint density at radius 1 is 1.05 bits per heavy atom. The van der Waals surface area contributed by atoms with Crippen molar-refractivity contribution in [3.05, 3.63) is 58.5 Å². The lowest BCUT2D eigenvalue weighted by molar-refractivity contribution is 0.752. The summed E-state index contributed by atoms with van der Waals surface area (Å²) in [6, 6.07) is 12.8. The van der Waals surface area contributed by atoms with Gasteiger partial charge in [0.15, 0.2) is 0 Å². The monoisotopic (exact) mass is 284 g/mol. The van der Waals surface area contributed by atoms with Crippen LogP contribution in [-0.2, 0) is 0 Å². The van der Waals surface area contributed by atoms with E-state index in [4.69, 9.17) is 0 Å². The summed E-state index contributed by atoms with van der Waals surface area (Å²) in [5.74, 6) is 0. The molecule has 0 aliphatic carbocycles. The molecule has 102 valence electrons. The van der Waals surface area contributed by atoms with Crippen molar-refractivity contribution in [2.24, 2.45) is 0 Å². The summed E-state index contributed by atoms with van der Waals surface area (Å²) < 4.78 is 0. The number of aryl methyl sites for hydroxylation is 1. The third kappa shape index (κ3) is 2.72. The third-order valence-electron chi connectivity index (χ3n) is 3.09. The van der Waals surface area contributed by atoms with Crippen LogP contribution in [0.25, 0.3) is 5.69 Å². The highest BCUT2D eigenvalue weighted by Gasteiger charge is 2.07. The van der Waals surface area contributed by atoms with Gasteiger partial charge in [0.05, 0.1) is 24.1 Å². The summed E-state index contributed by atoms with van der Waals surface area (Å²) in [6.07, 6.45) is 3.35. The predicted octanol–water partition coefficient (Wildman–Crippen LogP) is 3.81. The van der Waals surface area contributed by atoms with Crippen LogP contribution in [0.1, 0.15) is 22.7 Å². The Hall–Kier alpha value is -2.14. The Balaban J connectivity index is 1.72. The van der Waals surface area contributed by atoms with E-state index in [2.05, 4.69) is 53.6 Å². The van der Waals surface area contributed by atoms with Crippen LogP contribution in [-0.4, -0.2) is 15.0 Å². The quantitative estimate of drug-likeness (QED) is 0.792. The van der Waals surface area contributed by atoms with E-state index in [1.165, 1.54) is 9.75 Å². The highest BCUT2D eigenvalue weighted by atomic mass is 32.1. The maximum atomic E-state index is 4.11. The Labute approximate surface area is 122 Å². The van der Waals surface area contributed by atoms with E-state index in [1.54, 1.807) is 17.2 Å². The lowest BCUT2D eigenvalue weighted by atomic mass is 10.2. The molecule has 0 saturated heterocycles. The van der Waals surface area contributed by atoms with Crippen molar-refractivity contribution >= 4 is 17.0 Å². The van der Waals surface area contributed by atoms with Crippen LogP contribution in [0, 0.1) is 6.92 Å². The fourth-order valence-corrected chi connectivity index (χ4v) is 2.93. The van der Waals surface area contributed by atoms with Crippen LogP contribution in [0.15, 0.2) is 48.8 Å². The first-order valence-corrected chi connectivity index (χ1v) is 7.33. The molecule has 0 aliphatic rings. The largest absolute Gasteiger partial charge is 0.378 e. The molecule has 0 radical (unpaired) electrons. The number of nitrogens with one attached hydrogen (secondary N) is 1. The Morgan fingerprint density at radius 3 is 2.35 bits per heavy atom. The van der Waals surface area contributed by atoms with Crippen molar-refractivity contribution < 1.29 is 0 Å². The molecule has 0 saturated carbocycles. The molecule has 3 aromatic rings. The van der Waals surface area contributed by atoms with Gasteiger partial charge in [0.2, 0.25) is 0 Å². The number of hydrogen-bond donors (Lipinski definition) is 1. The van der Waals surface area contributed by atoms with Gasteiger partial charge in [-0.25, -0.2) is 0 Å². The van der Waals surface area contributed by atoms with E-state index in [0.717, 1.165) is 11.4 Å². The summed E-state index contributed by atoms with van der Waals surface area (Å²) in [5.41, 5.74) is 2.06. The highest BCUT2D eigenvalue weighted by Crippen LogP contribution is 2.26. The molecule has 0 fully saturated rings. The first kappa shape index (κ1) is 12.9. The van der Waals surface area contributed by atoms with E-state index in [0.29, 0.717) is 6.04 Å². The molecule has 1 unspecified atom stereocenters. The summed E-state index contributed by atoms with van der Waals surface area (Å²) in [6.45, 7) is 4.31. The molecule has 0 bridgehead atoms. The van der Waals surface area contributed by atoms with Crippen LogP contribution < -0.4 is 5.32 Å². The topological polar surface area (TPSA) is 42.7 Å². The van der Waals surface area contributed by atoms with Crippen LogP contribution >= 0.6 is 11.3 Å². The molecule has 2 heterocycles. The third-order valence-corrected chi connectivity index (χ3v) is 4.27. The van der Waals surface area contributed by atoms with Crippen molar-refractivity contribution in [1.29, 1.82) is 0 Å². The summed E-state index contributed by atoms with van der Waals surface area (Å²) in [4.78, 5) is 4.30. The van der Waals surface area contributed by atoms with Crippen molar-refractivity contribution in [3.63, 3.8) is 0 Å². The van der Waals surface area contributed by atoms with Gasteiger partial charge in [-0.15, -0.1) is 11.3 Å². The average Bonchev–Trinajstić information content (AvgIpc) is 3.10. The molecular formula is C15H16N4S. The number of benzene rings is 1. The van der Waals surface area contributed by atoms with Gasteiger partial charge in [-0.3, -0.25) is 0 Å². The Morgan fingerprint density at radius 2 is 1.75 bits per heavy atom. The van der Waals surface area contributed by atoms with E-state index >= 15 is 0 Å². The minimum absolute atomic E-state index is 0.308. The molecular weight excluding hydrogens is 268 g/mol. The normalized spacial score (nSPS) is 12.3. The Bertz CT molecular complexity index is 670. The molecule has 3 rings (SSSR count). The number of aromatic nitrogens is 3. The average molecular weight is 284 g/mol. The molecule has 4 nitrogen and oxygen atoms in total. The van der Waals surface area contributed by atoms with Gasteiger partial charge in [-0.1, -0.05) is 0 Å². The number of nitrogens with zero attached hydrogens (tertiary/aromatic N) is 3. The number of thiophene rings is 1. The second kappa shape index (κ2) is 5.46. The van der Waals surface area contributed by atoms with Crippen LogP contribution in [0.5, 0.6) is 0 Å². The molecule has 0 aliphatic heterocycles. The van der Waals surface area contributed by atoms with Gasteiger partial charge in [-0.05, 0) is 50.2 Å². The van der Waals surface area contributed by atoms with Gasteiger partial charge in [-0.2, -0.15) is 15.0 Å². The number of anilines is 1. The summed E-state index contributed by atoms with van der Waals surface area (Å²) in [5, 5.41) is 11.7. The van der Waals surface area contributed by atoms with E-state index in [-0.39, 0.29) is 0 Å². The van der Waals surface area contributed by atoms with Crippen molar-refractivity contribution in [1.82, 2.24) is 15.0 Å². The lowest BCUT2D eigenvalue weighted by Crippen LogP contribution is -2.05. The zero-order chi connectivity index (χ0) is 13.9. The molecule has 1 atom stereocenters. The second-order valence-corrected chi connectivity index (χ2v) is 6.00. The standard InChI is InChI=1S/C15H16N4S/c1-11-3-8-15(20-11)12(2)18-13-4-6-14(7-5-13)19-16-9-10-17-19/h3-10,12,18H,1-2H3. The van der Waals surface area contributed by atoms with Crippen molar-refractivity contribution in [2.75, 3.05) is 5.32 Å². The minimum atomic E-state index is 0.308. The lowest BCUT2D eigenvalue weighted by Gasteiger charge is -2.14. The zero-order valence-corrected chi connectivity index (χ0v) is 12.3. The minimum Gasteiger partial charge on any atom is -0.378 e. The van der Waals surface area contributed by atoms with E-state index < -0.39 is 0 Å². The van der Waals surface area contributed by atoms with E-state index in [9.17, 15) is 0 Å². The molecule has 0 spiro atoms. The number of rotatable bonds is 4. The first-order valence-electron chi connectivity index (χ1n) is 6.52. The van der Waals surface area contributed by atoms with E-state index in [1.807, 2.05) is 23.5 Å². The smallest absolute Gasteiger partial charge is 0.0858 e. The van der Waals surface area contributed by atoms with Gasteiger partial charge < -0.3 is 5.32 Å². The van der Waals surface area contributed by atoms with Gasteiger partial charge >= 0.3 is 0 Å². The van der Waals surface area contributed by atoms with Crippen LogP contribution in [0.4, 0.5) is 5.69 Å². The molecule has 1 N–H and O–H groups in total. The van der Waals surface area contributed by atoms with Crippen LogP contribution in [0.3, 0.4) is 0 Å². The van der Waals surface area contributed by atoms with Crippen LogP contribution in [0.2, 0.25) is 0 Å². The highest BCUT2D eigenvalue weighted by molar-refractivity contribution is 7.12. The maximum absolute atomic E-state index is 4.11. The molecule has 2 aromatic heterocycles. The summed E-state index contributed by atoms with van der Waals surface area (Å²) >= 11 is 1.83. The van der Waals surface area contributed by atoms with Crippen molar-refractivity contribution in [2.45, 2.75) is 19.9 Å². The number of hydrogen-bond acceptors (Lipinski definition) is 4. The fourth-order valence-electron chi connectivity index (χ4n) is 2.05. The molecule has 1 aromatic carbocycles. The zero-order valence-electron chi connectivity index (χ0n) is 11.4. The molecule has 5 heteroatoms. The SMILES string of the molecule is Cc1ccc(C(C)Nc2ccc(-n3nccn3)cc2)s1.